The summed E-state index contributed by atoms with van der Waals surface area (Å²) in [5.41, 5.74) is 9.67. The Morgan fingerprint density at radius 3 is 2.51 bits per heavy atom. The summed E-state index contributed by atoms with van der Waals surface area (Å²) >= 11 is 0. The van der Waals surface area contributed by atoms with E-state index in [1.54, 1.807) is 28.0 Å². The Morgan fingerprint density at radius 1 is 0.977 bits per heavy atom. The molecule has 11 nitrogen and oxygen atoms in total. The van der Waals surface area contributed by atoms with E-state index in [2.05, 4.69) is 43.8 Å². The standard InChI is InChI=1S/C32H38N8O3/c1-38-19-25(18-35-38)24-16-29(30(33)34-17-24)31(42)37-28-8-11-40(20-28)32(43)23-3-2-22-15-27(5-4-21(22)14-23)36-26-6-9-39(10-7-26)12-13-41/h2-5,14-19,26,28,36,41H,6-13,20H2,1H3,(H2,33,34)(H,37,42)/t28-/m1/s1. The highest BCUT2D eigenvalue weighted by atomic mass is 16.3. The number of aliphatic hydroxyl groups is 1. The molecule has 2 aliphatic rings. The fraction of sp³-hybridized carbons (Fsp3) is 0.375. The summed E-state index contributed by atoms with van der Waals surface area (Å²) in [6.07, 6.45) is 7.95. The number of piperidine rings is 1. The predicted molar refractivity (Wildman–Crippen MR) is 167 cm³/mol. The number of β-amino-alcohol motifs (C(OH)–C–C–N with tert-alkyl or cyclic N) is 1. The molecule has 0 aliphatic carbocycles. The van der Waals surface area contributed by atoms with Crippen LogP contribution >= 0.6 is 0 Å². The molecule has 224 valence electrons. The topological polar surface area (TPSA) is 142 Å². The summed E-state index contributed by atoms with van der Waals surface area (Å²) in [6, 6.07) is 14.0. The molecule has 43 heavy (non-hydrogen) atoms. The number of aryl methyl sites for hydroxylation is 1. The van der Waals surface area contributed by atoms with Gasteiger partial charge in [-0.2, -0.15) is 5.10 Å². The molecule has 2 aromatic heterocycles. The first-order chi connectivity index (χ1) is 20.9. The van der Waals surface area contributed by atoms with Crippen LogP contribution in [0.25, 0.3) is 21.9 Å². The second-order valence-electron chi connectivity index (χ2n) is 11.5. The minimum absolute atomic E-state index is 0.0461. The van der Waals surface area contributed by atoms with E-state index in [-0.39, 0.29) is 30.3 Å². The maximum Gasteiger partial charge on any atom is 0.255 e. The van der Waals surface area contributed by atoms with Crippen LogP contribution in [0.3, 0.4) is 0 Å². The van der Waals surface area contributed by atoms with E-state index in [1.165, 1.54) is 0 Å². The average Bonchev–Trinajstić information content (AvgIpc) is 3.67. The van der Waals surface area contributed by atoms with Gasteiger partial charge in [0.15, 0.2) is 0 Å². The van der Waals surface area contributed by atoms with Crippen LogP contribution in [0.4, 0.5) is 11.5 Å². The van der Waals surface area contributed by atoms with E-state index in [4.69, 9.17) is 10.8 Å². The number of carbonyl (C=O) groups excluding carboxylic acids is 2. The Balaban J connectivity index is 1.06. The first kappa shape index (κ1) is 28.6. The zero-order chi connectivity index (χ0) is 29.9. The van der Waals surface area contributed by atoms with Crippen LogP contribution in [-0.2, 0) is 7.05 Å². The number of nitrogens with one attached hydrogen (secondary N) is 2. The van der Waals surface area contributed by atoms with E-state index >= 15 is 0 Å². The third-order valence-electron chi connectivity index (χ3n) is 8.47. The van der Waals surface area contributed by atoms with Crippen molar-refractivity contribution in [2.24, 2.45) is 7.05 Å². The third-order valence-corrected chi connectivity index (χ3v) is 8.47. The summed E-state index contributed by atoms with van der Waals surface area (Å²) in [5, 5.41) is 22.1. The van der Waals surface area contributed by atoms with E-state index in [1.807, 2.05) is 31.4 Å². The van der Waals surface area contributed by atoms with Gasteiger partial charge in [-0.05, 0) is 60.4 Å². The van der Waals surface area contributed by atoms with Gasteiger partial charge < -0.3 is 31.3 Å². The summed E-state index contributed by atoms with van der Waals surface area (Å²) < 4.78 is 1.69. The number of anilines is 2. The lowest BCUT2D eigenvalue weighted by Gasteiger charge is -2.32. The number of hydrogen-bond donors (Lipinski definition) is 4. The van der Waals surface area contributed by atoms with Gasteiger partial charge in [0.1, 0.15) is 5.82 Å². The van der Waals surface area contributed by atoms with Crippen molar-refractivity contribution >= 4 is 34.1 Å². The molecular formula is C32H38N8O3. The number of nitrogens with zero attached hydrogens (tertiary/aromatic N) is 5. The van der Waals surface area contributed by atoms with Crippen LogP contribution in [-0.4, -0.2) is 92.9 Å². The van der Waals surface area contributed by atoms with Crippen LogP contribution in [0.1, 0.15) is 40.0 Å². The third kappa shape index (κ3) is 6.47. The molecule has 2 aliphatic heterocycles. The molecule has 0 bridgehead atoms. The molecule has 2 fully saturated rings. The highest BCUT2D eigenvalue weighted by Crippen LogP contribution is 2.25. The molecule has 2 saturated heterocycles. The number of benzene rings is 2. The van der Waals surface area contributed by atoms with E-state index in [9.17, 15) is 9.59 Å². The van der Waals surface area contributed by atoms with E-state index < -0.39 is 0 Å². The number of likely N-dealkylation sites (tertiary alicyclic amines) is 2. The minimum Gasteiger partial charge on any atom is -0.395 e. The average molecular weight is 583 g/mol. The van der Waals surface area contributed by atoms with Crippen molar-refractivity contribution in [2.75, 3.05) is 50.4 Å². The quantitative estimate of drug-likeness (QED) is 0.249. The smallest absolute Gasteiger partial charge is 0.255 e. The zero-order valence-electron chi connectivity index (χ0n) is 24.4. The molecule has 4 heterocycles. The number of amides is 2. The van der Waals surface area contributed by atoms with Crippen LogP contribution in [0.2, 0.25) is 0 Å². The number of nitrogens with two attached hydrogens (primary N) is 1. The minimum atomic E-state index is -0.305. The lowest BCUT2D eigenvalue weighted by atomic mass is 10.0. The fourth-order valence-electron chi connectivity index (χ4n) is 6.04. The van der Waals surface area contributed by atoms with Gasteiger partial charge in [-0.15, -0.1) is 0 Å². The number of aromatic nitrogens is 3. The molecule has 5 N–H and O–H groups in total. The number of aliphatic hydroxyl groups excluding tert-OH is 1. The maximum atomic E-state index is 13.4. The van der Waals surface area contributed by atoms with Crippen molar-refractivity contribution in [1.82, 2.24) is 29.9 Å². The molecule has 2 amide bonds. The molecular weight excluding hydrogens is 544 g/mol. The van der Waals surface area contributed by atoms with Gasteiger partial charge in [-0.3, -0.25) is 14.3 Å². The largest absolute Gasteiger partial charge is 0.395 e. The fourth-order valence-corrected chi connectivity index (χ4v) is 6.04. The lowest BCUT2D eigenvalue weighted by Crippen LogP contribution is -2.40. The summed E-state index contributed by atoms with van der Waals surface area (Å²) in [7, 11) is 1.83. The second kappa shape index (κ2) is 12.4. The molecule has 0 unspecified atom stereocenters. The van der Waals surface area contributed by atoms with Crippen molar-refractivity contribution in [3.05, 3.63) is 72.2 Å². The van der Waals surface area contributed by atoms with Gasteiger partial charge in [-0.25, -0.2) is 4.98 Å². The number of pyridine rings is 1. The molecule has 2 aromatic carbocycles. The molecule has 1 atom stereocenters. The first-order valence-corrected chi connectivity index (χ1v) is 14.8. The monoisotopic (exact) mass is 582 g/mol. The number of rotatable bonds is 8. The maximum absolute atomic E-state index is 13.4. The number of carbonyl (C=O) groups is 2. The number of hydrogen-bond acceptors (Lipinski definition) is 8. The van der Waals surface area contributed by atoms with Crippen molar-refractivity contribution in [3.8, 4) is 11.1 Å². The Labute approximate surface area is 250 Å². The Bertz CT molecular complexity index is 1630. The first-order valence-electron chi connectivity index (χ1n) is 14.8. The van der Waals surface area contributed by atoms with E-state index in [0.29, 0.717) is 36.7 Å². The van der Waals surface area contributed by atoms with Crippen LogP contribution < -0.4 is 16.4 Å². The molecule has 0 saturated carbocycles. The van der Waals surface area contributed by atoms with Crippen molar-refractivity contribution in [3.63, 3.8) is 0 Å². The highest BCUT2D eigenvalue weighted by Gasteiger charge is 2.29. The number of nitrogen functional groups attached to an aromatic ring is 1. The molecule has 4 aromatic rings. The van der Waals surface area contributed by atoms with Gasteiger partial charge >= 0.3 is 0 Å². The van der Waals surface area contributed by atoms with Gasteiger partial charge in [0, 0.05) is 86.6 Å². The highest BCUT2D eigenvalue weighted by molar-refractivity contribution is 6.01. The summed E-state index contributed by atoms with van der Waals surface area (Å²) in [6.45, 7) is 3.92. The van der Waals surface area contributed by atoms with Crippen LogP contribution in [0.5, 0.6) is 0 Å². The van der Waals surface area contributed by atoms with Gasteiger partial charge in [0.25, 0.3) is 11.8 Å². The second-order valence-corrected chi connectivity index (χ2v) is 11.5. The van der Waals surface area contributed by atoms with Crippen LogP contribution in [0, 0.1) is 0 Å². The molecule has 0 radical (unpaired) electrons. The van der Waals surface area contributed by atoms with Gasteiger partial charge in [0.2, 0.25) is 0 Å². The van der Waals surface area contributed by atoms with Gasteiger partial charge in [-0.1, -0.05) is 12.1 Å². The Kier molecular flexibility index (Phi) is 8.26. The van der Waals surface area contributed by atoms with Crippen LogP contribution in [0.15, 0.2) is 61.1 Å². The summed E-state index contributed by atoms with van der Waals surface area (Å²) in [4.78, 5) is 34.8. The molecule has 11 heteroatoms. The summed E-state index contributed by atoms with van der Waals surface area (Å²) in [5.74, 6) is -0.190. The normalized spacial score (nSPS) is 17.8. The Hall–Kier alpha value is -4.48. The zero-order valence-corrected chi connectivity index (χ0v) is 24.4. The van der Waals surface area contributed by atoms with Gasteiger partial charge in [0.05, 0.1) is 18.4 Å². The molecule has 6 rings (SSSR count). The number of fused-ring (bicyclic) bond motifs is 1. The Morgan fingerprint density at radius 2 is 1.74 bits per heavy atom. The van der Waals surface area contributed by atoms with Crippen molar-refractivity contribution in [1.29, 1.82) is 0 Å². The SMILES string of the molecule is Cn1cc(-c2cnc(N)c(C(=O)N[C@@H]3CCN(C(=O)c4ccc5cc(NC6CCN(CCO)CC6)ccc5c4)C3)c2)cn1. The van der Waals surface area contributed by atoms with E-state index in [0.717, 1.165) is 60.1 Å². The lowest BCUT2D eigenvalue weighted by molar-refractivity contribution is 0.0783. The van der Waals surface area contributed by atoms with Crippen molar-refractivity contribution in [2.45, 2.75) is 31.3 Å². The molecule has 0 spiro atoms. The predicted octanol–water partition coefficient (Wildman–Crippen LogP) is 2.73. The van der Waals surface area contributed by atoms with Crippen molar-refractivity contribution < 1.29 is 14.7 Å².